The molecule has 0 radical (unpaired) electrons. The van der Waals surface area contributed by atoms with E-state index >= 15 is 0 Å². The zero-order valence-electron chi connectivity index (χ0n) is 18.8. The summed E-state index contributed by atoms with van der Waals surface area (Å²) in [5, 5.41) is -0.215. The molecule has 0 aromatic heterocycles. The van der Waals surface area contributed by atoms with E-state index in [0.29, 0.717) is 24.8 Å². The molecule has 30 heavy (non-hydrogen) atoms. The standard InChI is InChI=1S/C24H34ClNO4/c1-22(2,3)30-21(29)26-13-15-16-6-7-18(20(25)28)23(16,4)11-9-17(15)24(5)10-8-14(27)12-19(24)26/h12,15-18H,6-11,13H2,1-5H3/t15-,16-,17-,18+,23-,24+/m0/s1. The Kier molecular flexibility index (Phi) is 5.16. The number of fused-ring (bicyclic) bond motifs is 5. The molecule has 5 nitrogen and oxygen atoms in total. The molecule has 0 unspecified atom stereocenters. The van der Waals surface area contributed by atoms with Crippen molar-refractivity contribution in [2.45, 2.75) is 78.7 Å². The third-order valence-corrected chi connectivity index (χ3v) is 8.86. The lowest BCUT2D eigenvalue weighted by atomic mass is 9.49. The number of carbonyl (C=O) groups excluding carboxylic acids is 3. The summed E-state index contributed by atoms with van der Waals surface area (Å²) in [7, 11) is 0. The summed E-state index contributed by atoms with van der Waals surface area (Å²) in [5.41, 5.74) is -0.102. The molecule has 2 saturated carbocycles. The maximum absolute atomic E-state index is 13.2. The first-order chi connectivity index (χ1) is 13.9. The van der Waals surface area contributed by atoms with Crippen LogP contribution in [0, 0.1) is 34.5 Å². The van der Waals surface area contributed by atoms with Crippen LogP contribution in [0.4, 0.5) is 4.79 Å². The average Bonchev–Trinajstić information content (AvgIpc) is 2.98. The molecule has 1 heterocycles. The van der Waals surface area contributed by atoms with Crippen LogP contribution in [0.1, 0.15) is 73.1 Å². The molecule has 1 amide bonds. The van der Waals surface area contributed by atoms with Crippen LogP contribution < -0.4 is 0 Å². The molecule has 0 spiro atoms. The van der Waals surface area contributed by atoms with Gasteiger partial charge in [0.25, 0.3) is 0 Å². The topological polar surface area (TPSA) is 63.7 Å². The van der Waals surface area contributed by atoms with Crippen molar-refractivity contribution in [3.63, 3.8) is 0 Å². The number of ether oxygens (including phenoxy) is 1. The maximum atomic E-state index is 13.2. The Bertz CT molecular complexity index is 815. The molecule has 0 aromatic carbocycles. The van der Waals surface area contributed by atoms with Gasteiger partial charge in [-0.05, 0) is 87.6 Å². The third-order valence-electron chi connectivity index (χ3n) is 8.60. The van der Waals surface area contributed by atoms with Crippen molar-refractivity contribution in [1.29, 1.82) is 0 Å². The molecule has 0 N–H and O–H groups in total. The fourth-order valence-corrected chi connectivity index (χ4v) is 7.53. The molecule has 6 heteroatoms. The van der Waals surface area contributed by atoms with E-state index in [-0.39, 0.29) is 39.8 Å². The van der Waals surface area contributed by atoms with Crippen LogP contribution in [0.25, 0.3) is 0 Å². The lowest BCUT2D eigenvalue weighted by Crippen LogP contribution is -2.59. The molecule has 1 aliphatic heterocycles. The summed E-state index contributed by atoms with van der Waals surface area (Å²) in [6.07, 6.45) is 6.39. The van der Waals surface area contributed by atoms with Crippen LogP contribution in [0.5, 0.6) is 0 Å². The zero-order chi connectivity index (χ0) is 22.1. The van der Waals surface area contributed by atoms with Gasteiger partial charge in [-0.3, -0.25) is 14.5 Å². The van der Waals surface area contributed by atoms with Crippen LogP contribution in [-0.4, -0.2) is 34.2 Å². The molecule has 6 atom stereocenters. The van der Waals surface area contributed by atoms with E-state index in [1.165, 1.54) is 0 Å². The molecule has 0 bridgehead atoms. The number of halogens is 1. The Labute approximate surface area is 184 Å². The fourth-order valence-electron chi connectivity index (χ4n) is 7.17. The van der Waals surface area contributed by atoms with Gasteiger partial charge in [0.2, 0.25) is 5.24 Å². The second kappa shape index (κ2) is 7.08. The predicted octanol–water partition coefficient (Wildman–Crippen LogP) is 5.31. The molecule has 4 aliphatic rings. The Hall–Kier alpha value is -1.36. The quantitative estimate of drug-likeness (QED) is 0.523. The zero-order valence-corrected chi connectivity index (χ0v) is 19.6. The number of ketones is 1. The smallest absolute Gasteiger partial charge is 0.414 e. The number of hydrogen-bond acceptors (Lipinski definition) is 4. The van der Waals surface area contributed by atoms with E-state index < -0.39 is 5.60 Å². The van der Waals surface area contributed by atoms with Crippen molar-refractivity contribution in [3.8, 4) is 0 Å². The molecule has 3 aliphatic carbocycles. The van der Waals surface area contributed by atoms with Crippen molar-refractivity contribution in [3.05, 3.63) is 11.8 Å². The van der Waals surface area contributed by atoms with Crippen molar-refractivity contribution >= 4 is 28.7 Å². The molecule has 4 rings (SSSR count). The normalized spacial score (nSPS) is 40.8. The van der Waals surface area contributed by atoms with E-state index in [0.717, 1.165) is 37.8 Å². The minimum atomic E-state index is -0.603. The Morgan fingerprint density at radius 3 is 2.47 bits per heavy atom. The first-order valence-electron chi connectivity index (χ1n) is 11.3. The first-order valence-corrected chi connectivity index (χ1v) is 11.7. The highest BCUT2D eigenvalue weighted by molar-refractivity contribution is 6.64. The van der Waals surface area contributed by atoms with Gasteiger partial charge in [0.1, 0.15) is 5.60 Å². The van der Waals surface area contributed by atoms with Gasteiger partial charge in [0, 0.05) is 36.1 Å². The fraction of sp³-hybridized carbons (Fsp3) is 0.792. The molecule has 3 fully saturated rings. The third kappa shape index (κ3) is 3.32. The highest BCUT2D eigenvalue weighted by Crippen LogP contribution is 2.65. The number of allylic oxidation sites excluding steroid dienone is 2. The van der Waals surface area contributed by atoms with Crippen molar-refractivity contribution in [2.24, 2.45) is 34.5 Å². The van der Waals surface area contributed by atoms with Gasteiger partial charge in [0.05, 0.1) is 0 Å². The van der Waals surface area contributed by atoms with Crippen LogP contribution in [-0.2, 0) is 14.3 Å². The Morgan fingerprint density at radius 2 is 1.83 bits per heavy atom. The van der Waals surface area contributed by atoms with E-state index in [1.807, 2.05) is 20.8 Å². The molecule has 1 saturated heterocycles. The Balaban J connectivity index is 1.73. The second-order valence-electron chi connectivity index (χ2n) is 11.4. The SMILES string of the molecule is CC(C)(C)OC(=O)N1C[C@H]2[C@@H]3CC[C@H](C(=O)Cl)[C@@]3(C)CC[C@@H]2[C@@]2(C)CCC(=O)C=C12. The highest BCUT2D eigenvalue weighted by Gasteiger charge is 2.62. The Morgan fingerprint density at radius 1 is 1.13 bits per heavy atom. The lowest BCUT2D eigenvalue weighted by Gasteiger charge is -2.60. The van der Waals surface area contributed by atoms with E-state index in [1.54, 1.807) is 11.0 Å². The number of carbonyl (C=O) groups is 3. The predicted molar refractivity (Wildman–Crippen MR) is 115 cm³/mol. The van der Waals surface area contributed by atoms with Gasteiger partial charge in [-0.2, -0.15) is 0 Å². The number of amides is 1. The average molecular weight is 436 g/mol. The van der Waals surface area contributed by atoms with Gasteiger partial charge < -0.3 is 4.74 Å². The first kappa shape index (κ1) is 21.9. The molecule has 166 valence electrons. The number of hydrogen-bond donors (Lipinski definition) is 0. The largest absolute Gasteiger partial charge is 0.443 e. The van der Waals surface area contributed by atoms with Gasteiger partial charge >= 0.3 is 6.09 Å². The molecular formula is C24H34ClNO4. The van der Waals surface area contributed by atoms with Crippen LogP contribution in [0.15, 0.2) is 11.8 Å². The summed E-state index contributed by atoms with van der Waals surface area (Å²) >= 11 is 6.00. The van der Waals surface area contributed by atoms with E-state index in [4.69, 9.17) is 16.3 Å². The number of nitrogens with zero attached hydrogens (tertiary/aromatic N) is 1. The van der Waals surface area contributed by atoms with E-state index in [9.17, 15) is 14.4 Å². The van der Waals surface area contributed by atoms with Gasteiger partial charge in [-0.1, -0.05) is 13.8 Å². The summed E-state index contributed by atoms with van der Waals surface area (Å²) in [5.74, 6) is 1.02. The van der Waals surface area contributed by atoms with E-state index in [2.05, 4.69) is 13.8 Å². The molecule has 0 aromatic rings. The summed E-state index contributed by atoms with van der Waals surface area (Å²) in [4.78, 5) is 39.4. The number of rotatable bonds is 1. The minimum absolute atomic E-state index is 0.0869. The van der Waals surface area contributed by atoms with Crippen LogP contribution in [0.2, 0.25) is 0 Å². The van der Waals surface area contributed by atoms with Crippen molar-refractivity contribution in [2.75, 3.05) is 6.54 Å². The van der Waals surface area contributed by atoms with Crippen LogP contribution >= 0.6 is 11.6 Å². The summed E-state index contributed by atoms with van der Waals surface area (Å²) < 4.78 is 5.74. The number of piperidine rings is 1. The van der Waals surface area contributed by atoms with Crippen molar-refractivity contribution < 1.29 is 19.1 Å². The van der Waals surface area contributed by atoms with Crippen LogP contribution in [0.3, 0.4) is 0 Å². The van der Waals surface area contributed by atoms with Crippen molar-refractivity contribution in [1.82, 2.24) is 4.90 Å². The summed E-state index contributed by atoms with van der Waals surface area (Å²) in [6.45, 7) is 10.6. The monoisotopic (exact) mass is 435 g/mol. The van der Waals surface area contributed by atoms with Gasteiger partial charge in [-0.25, -0.2) is 4.79 Å². The van der Waals surface area contributed by atoms with Gasteiger partial charge in [0.15, 0.2) is 5.78 Å². The lowest BCUT2D eigenvalue weighted by molar-refractivity contribution is -0.126. The highest BCUT2D eigenvalue weighted by atomic mass is 35.5. The maximum Gasteiger partial charge on any atom is 0.414 e. The summed E-state index contributed by atoms with van der Waals surface area (Å²) in [6, 6.07) is 0. The number of likely N-dealkylation sites (tertiary alicyclic amines) is 1. The second-order valence-corrected chi connectivity index (χ2v) is 11.7. The molecular weight excluding hydrogens is 402 g/mol. The minimum Gasteiger partial charge on any atom is -0.443 e. The van der Waals surface area contributed by atoms with Gasteiger partial charge in [-0.15, -0.1) is 0 Å².